The van der Waals surface area contributed by atoms with Crippen LogP contribution in [0.2, 0.25) is 0 Å². The Hall–Kier alpha value is -1.08. The first-order chi connectivity index (χ1) is 7.99. The normalized spacial score (nSPS) is 10.6. The summed E-state index contributed by atoms with van der Waals surface area (Å²) >= 11 is 6.77. The van der Waals surface area contributed by atoms with E-state index in [1.165, 1.54) is 0 Å². The van der Waals surface area contributed by atoms with Crippen molar-refractivity contribution in [3.05, 3.63) is 21.1 Å². The maximum absolute atomic E-state index is 5.96. The summed E-state index contributed by atoms with van der Waals surface area (Å²) in [4.78, 5) is 6.01. The zero-order chi connectivity index (χ0) is 12.6. The zero-order valence-corrected chi connectivity index (χ0v) is 12.4. The lowest BCUT2D eigenvalue weighted by molar-refractivity contribution is 0.431. The fourth-order valence-corrected chi connectivity index (χ4v) is 2.49. The molecule has 2 N–H and O–H groups in total. The van der Waals surface area contributed by atoms with Gasteiger partial charge in [-0.1, -0.05) is 15.9 Å². The summed E-state index contributed by atoms with van der Waals surface area (Å²) in [6.45, 7) is 0. The van der Waals surface area contributed by atoms with Crippen LogP contribution in [0, 0.1) is 0 Å². The molecule has 0 amide bonds. The van der Waals surface area contributed by atoms with Gasteiger partial charge in [-0.25, -0.2) is 0 Å². The van der Waals surface area contributed by atoms with Crippen LogP contribution in [-0.4, -0.2) is 24.2 Å². The van der Waals surface area contributed by atoms with Gasteiger partial charge >= 0.3 is 0 Å². The van der Waals surface area contributed by atoms with Crippen LogP contribution in [0.15, 0.2) is 25.6 Å². The Balaban J connectivity index is 2.52. The number of nitrogens with zero attached hydrogens (tertiary/aromatic N) is 3. The van der Waals surface area contributed by atoms with Gasteiger partial charge in [0.25, 0.3) is 11.8 Å². The van der Waals surface area contributed by atoms with Crippen molar-refractivity contribution in [2.75, 3.05) is 24.7 Å². The number of hydrogen-bond acceptors (Lipinski definition) is 5. The van der Waals surface area contributed by atoms with Crippen LogP contribution in [0.3, 0.4) is 0 Å². The fourth-order valence-electron chi connectivity index (χ4n) is 1.27. The third-order valence-electron chi connectivity index (χ3n) is 2.14. The van der Waals surface area contributed by atoms with Crippen LogP contribution >= 0.6 is 31.9 Å². The molecule has 2 aromatic rings. The highest BCUT2D eigenvalue weighted by Crippen LogP contribution is 2.34. The average Bonchev–Trinajstić information content (AvgIpc) is 2.72. The Bertz CT molecular complexity index is 553. The molecule has 1 heterocycles. The first-order valence-electron chi connectivity index (χ1n) is 4.75. The van der Waals surface area contributed by atoms with Gasteiger partial charge in [0.2, 0.25) is 0 Å². The summed E-state index contributed by atoms with van der Waals surface area (Å²) in [6.07, 6.45) is 0. The minimum absolute atomic E-state index is 0.396. The summed E-state index contributed by atoms with van der Waals surface area (Å²) in [7, 11) is 3.68. The highest BCUT2D eigenvalue weighted by atomic mass is 79.9. The lowest BCUT2D eigenvalue weighted by Crippen LogP contribution is -2.10. The topological polar surface area (TPSA) is 68.2 Å². The van der Waals surface area contributed by atoms with Crippen LogP contribution in [-0.2, 0) is 0 Å². The largest absolute Gasteiger partial charge is 0.397 e. The standard InChI is InChI=1S/C10H10Br2N4O/c1-16(2)10-14-9(17-15-10)6-3-5(11)4-7(12)8(6)13/h3-4H,13H2,1-2H3. The predicted octanol–water partition coefficient (Wildman–Crippen LogP) is 2.91. The molecule has 0 radical (unpaired) electrons. The van der Waals surface area contributed by atoms with Crippen molar-refractivity contribution in [3.63, 3.8) is 0 Å². The molecule has 0 aliphatic carbocycles. The van der Waals surface area contributed by atoms with E-state index < -0.39 is 0 Å². The summed E-state index contributed by atoms with van der Waals surface area (Å²) in [6, 6.07) is 3.70. The molecule has 0 fully saturated rings. The van der Waals surface area contributed by atoms with Gasteiger partial charge in [-0.05, 0) is 33.2 Å². The highest BCUT2D eigenvalue weighted by Gasteiger charge is 2.15. The highest BCUT2D eigenvalue weighted by molar-refractivity contribution is 9.11. The molecule has 0 spiro atoms. The molecule has 0 atom stereocenters. The van der Waals surface area contributed by atoms with E-state index in [-0.39, 0.29) is 0 Å². The van der Waals surface area contributed by atoms with E-state index in [1.807, 2.05) is 26.2 Å². The van der Waals surface area contributed by atoms with Crippen LogP contribution in [0.4, 0.5) is 11.6 Å². The first-order valence-corrected chi connectivity index (χ1v) is 6.33. The van der Waals surface area contributed by atoms with Gasteiger partial charge < -0.3 is 15.2 Å². The smallest absolute Gasteiger partial charge is 0.265 e. The number of benzene rings is 1. The summed E-state index contributed by atoms with van der Waals surface area (Å²) in [5, 5.41) is 3.85. The van der Waals surface area contributed by atoms with E-state index in [9.17, 15) is 0 Å². The third kappa shape index (κ3) is 2.44. The minimum Gasteiger partial charge on any atom is -0.397 e. The lowest BCUT2D eigenvalue weighted by Gasteiger charge is -2.05. The van der Waals surface area contributed by atoms with Crippen molar-refractivity contribution in [3.8, 4) is 11.5 Å². The molecule has 0 saturated carbocycles. The molecule has 90 valence electrons. The molecule has 0 bridgehead atoms. The second kappa shape index (κ2) is 4.66. The van der Waals surface area contributed by atoms with E-state index in [0.29, 0.717) is 23.1 Å². The van der Waals surface area contributed by atoms with Crippen molar-refractivity contribution >= 4 is 43.5 Å². The molecule has 0 unspecified atom stereocenters. The zero-order valence-electron chi connectivity index (χ0n) is 9.24. The number of nitrogens with two attached hydrogens (primary N) is 1. The molecule has 7 heteroatoms. The number of anilines is 2. The number of nitrogen functional groups attached to an aromatic ring is 1. The average molecular weight is 362 g/mol. The van der Waals surface area contributed by atoms with Gasteiger partial charge in [-0.3, -0.25) is 0 Å². The third-order valence-corrected chi connectivity index (χ3v) is 3.25. The second-order valence-electron chi connectivity index (χ2n) is 3.64. The Labute approximate surface area is 115 Å². The molecule has 5 nitrogen and oxygen atoms in total. The molecule has 17 heavy (non-hydrogen) atoms. The number of halogens is 2. The maximum Gasteiger partial charge on any atom is 0.265 e. The Kier molecular flexibility index (Phi) is 3.39. The molecule has 0 aliphatic heterocycles. The summed E-state index contributed by atoms with van der Waals surface area (Å²) < 4.78 is 6.85. The van der Waals surface area contributed by atoms with Crippen molar-refractivity contribution in [1.29, 1.82) is 0 Å². The summed E-state index contributed by atoms with van der Waals surface area (Å²) in [5.41, 5.74) is 7.23. The number of aromatic nitrogens is 2. The number of hydrogen-bond donors (Lipinski definition) is 1. The molecule has 1 aromatic carbocycles. The molecular formula is C10H10Br2N4O. The fraction of sp³-hybridized carbons (Fsp3) is 0.200. The second-order valence-corrected chi connectivity index (χ2v) is 5.41. The van der Waals surface area contributed by atoms with E-state index >= 15 is 0 Å². The van der Waals surface area contributed by atoms with Crippen LogP contribution in [0.1, 0.15) is 0 Å². The van der Waals surface area contributed by atoms with Crippen molar-refractivity contribution in [2.24, 2.45) is 0 Å². The van der Waals surface area contributed by atoms with Crippen LogP contribution in [0.25, 0.3) is 11.5 Å². The van der Waals surface area contributed by atoms with Gasteiger partial charge in [0.1, 0.15) is 0 Å². The predicted molar refractivity (Wildman–Crippen MR) is 73.9 cm³/mol. The summed E-state index contributed by atoms with van der Waals surface area (Å²) in [5.74, 6) is 0.906. The van der Waals surface area contributed by atoms with Crippen LogP contribution in [0.5, 0.6) is 0 Å². The van der Waals surface area contributed by atoms with E-state index in [1.54, 1.807) is 4.90 Å². The van der Waals surface area contributed by atoms with Crippen LogP contribution < -0.4 is 10.6 Å². The molecular weight excluding hydrogens is 352 g/mol. The van der Waals surface area contributed by atoms with Crippen molar-refractivity contribution in [1.82, 2.24) is 10.1 Å². The van der Waals surface area contributed by atoms with E-state index in [4.69, 9.17) is 10.3 Å². The SMILES string of the molecule is CN(C)c1noc(-c2cc(Br)cc(Br)c2N)n1. The molecule has 0 saturated heterocycles. The van der Waals surface area contributed by atoms with E-state index in [0.717, 1.165) is 8.95 Å². The minimum atomic E-state index is 0.396. The molecule has 0 aliphatic rings. The lowest BCUT2D eigenvalue weighted by atomic mass is 10.2. The quantitative estimate of drug-likeness (QED) is 0.833. The molecule has 1 aromatic heterocycles. The Morgan fingerprint density at radius 2 is 2.00 bits per heavy atom. The Morgan fingerprint density at radius 3 is 2.59 bits per heavy atom. The molecule has 2 rings (SSSR count). The monoisotopic (exact) mass is 360 g/mol. The Morgan fingerprint density at radius 1 is 1.29 bits per heavy atom. The van der Waals surface area contributed by atoms with Gasteiger partial charge in [0.05, 0.1) is 11.3 Å². The first kappa shape index (κ1) is 12.4. The maximum atomic E-state index is 5.96. The van der Waals surface area contributed by atoms with Crippen molar-refractivity contribution < 1.29 is 4.52 Å². The van der Waals surface area contributed by atoms with Gasteiger partial charge in [0, 0.05) is 23.0 Å². The van der Waals surface area contributed by atoms with Gasteiger partial charge in [0.15, 0.2) is 0 Å². The van der Waals surface area contributed by atoms with Gasteiger partial charge in [-0.15, -0.1) is 0 Å². The van der Waals surface area contributed by atoms with Gasteiger partial charge in [-0.2, -0.15) is 4.98 Å². The number of rotatable bonds is 2. The van der Waals surface area contributed by atoms with Crippen molar-refractivity contribution in [2.45, 2.75) is 0 Å². The van der Waals surface area contributed by atoms with E-state index in [2.05, 4.69) is 42.0 Å².